The summed E-state index contributed by atoms with van der Waals surface area (Å²) in [7, 11) is -2.40. The van der Waals surface area contributed by atoms with Crippen molar-refractivity contribution in [1.82, 2.24) is 10.0 Å². The molecule has 1 aliphatic heterocycles. The number of hydrogen-bond donors (Lipinski definition) is 2. The lowest BCUT2D eigenvalue weighted by Gasteiger charge is -2.34. The molecular weight excluding hydrogens is 283 g/mol. The lowest BCUT2D eigenvalue weighted by molar-refractivity contribution is 0.308. The number of nitrogens with one attached hydrogen (secondary N) is 2. The Morgan fingerprint density at radius 3 is 2.55 bits per heavy atom. The SMILES string of the molecule is COc1ccc(S(=O)(=O)NC2(C)CCNCC2)cc1F. The highest BCUT2D eigenvalue weighted by Crippen LogP contribution is 2.24. The second-order valence-corrected chi connectivity index (χ2v) is 6.89. The molecule has 1 fully saturated rings. The zero-order valence-corrected chi connectivity index (χ0v) is 12.4. The minimum Gasteiger partial charge on any atom is -0.494 e. The van der Waals surface area contributed by atoms with Gasteiger partial charge in [-0.05, 0) is 51.1 Å². The number of piperidine rings is 1. The van der Waals surface area contributed by atoms with E-state index in [1.807, 2.05) is 6.92 Å². The molecule has 7 heteroatoms. The molecule has 20 heavy (non-hydrogen) atoms. The van der Waals surface area contributed by atoms with Gasteiger partial charge in [0.25, 0.3) is 0 Å². The van der Waals surface area contributed by atoms with Crippen LogP contribution < -0.4 is 14.8 Å². The van der Waals surface area contributed by atoms with E-state index >= 15 is 0 Å². The van der Waals surface area contributed by atoms with Crippen molar-refractivity contribution in [3.63, 3.8) is 0 Å². The first-order valence-corrected chi connectivity index (χ1v) is 7.93. The minimum absolute atomic E-state index is 0.0250. The van der Waals surface area contributed by atoms with Gasteiger partial charge in [0.2, 0.25) is 10.0 Å². The minimum atomic E-state index is -3.74. The normalized spacial score (nSPS) is 18.8. The summed E-state index contributed by atoms with van der Waals surface area (Å²) in [5.74, 6) is -0.664. The van der Waals surface area contributed by atoms with Crippen LogP contribution in [0.15, 0.2) is 23.1 Å². The Hall–Kier alpha value is -1.18. The van der Waals surface area contributed by atoms with Crippen LogP contribution in [0.4, 0.5) is 4.39 Å². The summed E-state index contributed by atoms with van der Waals surface area (Å²) in [6.45, 7) is 3.39. The molecule has 0 aliphatic carbocycles. The fourth-order valence-corrected chi connectivity index (χ4v) is 3.75. The van der Waals surface area contributed by atoms with Crippen LogP contribution in [-0.4, -0.2) is 34.2 Å². The van der Waals surface area contributed by atoms with E-state index in [9.17, 15) is 12.8 Å². The quantitative estimate of drug-likeness (QED) is 0.878. The topological polar surface area (TPSA) is 67.4 Å². The fourth-order valence-electron chi connectivity index (χ4n) is 2.28. The third-order valence-corrected chi connectivity index (χ3v) is 5.16. The van der Waals surface area contributed by atoms with Gasteiger partial charge in [-0.15, -0.1) is 0 Å². The molecule has 0 spiro atoms. The molecule has 2 rings (SSSR count). The highest BCUT2D eigenvalue weighted by molar-refractivity contribution is 7.89. The zero-order chi connectivity index (χ0) is 14.8. The van der Waals surface area contributed by atoms with Crippen LogP contribution in [0.1, 0.15) is 19.8 Å². The van der Waals surface area contributed by atoms with Gasteiger partial charge < -0.3 is 10.1 Å². The van der Waals surface area contributed by atoms with Crippen molar-refractivity contribution in [3.05, 3.63) is 24.0 Å². The first-order valence-electron chi connectivity index (χ1n) is 6.45. The molecular formula is C13H19FN2O3S. The van der Waals surface area contributed by atoms with Crippen LogP contribution in [0.5, 0.6) is 5.75 Å². The Bertz CT molecular complexity index is 583. The number of hydrogen-bond acceptors (Lipinski definition) is 4. The van der Waals surface area contributed by atoms with Crippen LogP contribution >= 0.6 is 0 Å². The molecule has 0 atom stereocenters. The summed E-state index contributed by atoms with van der Waals surface area (Å²) in [5.41, 5.74) is -0.500. The van der Waals surface area contributed by atoms with Crippen molar-refractivity contribution in [3.8, 4) is 5.75 Å². The number of rotatable bonds is 4. The Morgan fingerprint density at radius 2 is 2.00 bits per heavy atom. The van der Waals surface area contributed by atoms with Crippen molar-refractivity contribution in [1.29, 1.82) is 0 Å². The molecule has 1 saturated heterocycles. The lowest BCUT2D eigenvalue weighted by atomic mass is 9.92. The molecule has 0 unspecified atom stereocenters. The Balaban J connectivity index is 2.24. The van der Waals surface area contributed by atoms with E-state index in [-0.39, 0.29) is 10.6 Å². The van der Waals surface area contributed by atoms with Crippen molar-refractivity contribution in [2.75, 3.05) is 20.2 Å². The van der Waals surface area contributed by atoms with Gasteiger partial charge in [-0.3, -0.25) is 0 Å². The van der Waals surface area contributed by atoms with Gasteiger partial charge in [0.15, 0.2) is 11.6 Å². The average Bonchev–Trinajstić information content (AvgIpc) is 2.38. The summed E-state index contributed by atoms with van der Waals surface area (Å²) < 4.78 is 45.7. The standard InChI is InChI=1S/C13H19FN2O3S/c1-13(5-7-15-8-6-13)16-20(17,18)10-3-4-12(19-2)11(14)9-10/h3-4,9,15-16H,5-8H2,1-2H3. The largest absolute Gasteiger partial charge is 0.494 e. The molecule has 1 heterocycles. The summed E-state index contributed by atoms with van der Waals surface area (Å²) in [4.78, 5) is -0.0874. The molecule has 1 aromatic rings. The third kappa shape index (κ3) is 3.28. The van der Waals surface area contributed by atoms with E-state index in [2.05, 4.69) is 10.0 Å². The summed E-state index contributed by atoms with van der Waals surface area (Å²) in [6.07, 6.45) is 1.40. The van der Waals surface area contributed by atoms with Crippen molar-refractivity contribution in [2.24, 2.45) is 0 Å². The van der Waals surface area contributed by atoms with Gasteiger partial charge in [-0.1, -0.05) is 0 Å². The number of benzene rings is 1. The third-order valence-electron chi connectivity index (χ3n) is 3.52. The Labute approximate surface area is 118 Å². The van der Waals surface area contributed by atoms with Crippen molar-refractivity contribution in [2.45, 2.75) is 30.2 Å². The highest BCUT2D eigenvalue weighted by Gasteiger charge is 2.32. The number of ether oxygens (including phenoxy) is 1. The van der Waals surface area contributed by atoms with Crippen LogP contribution in [0.3, 0.4) is 0 Å². The van der Waals surface area contributed by atoms with E-state index in [1.54, 1.807) is 0 Å². The fraction of sp³-hybridized carbons (Fsp3) is 0.538. The second kappa shape index (κ2) is 5.67. The van der Waals surface area contributed by atoms with Gasteiger partial charge in [0.05, 0.1) is 12.0 Å². The van der Waals surface area contributed by atoms with Crippen molar-refractivity contribution >= 4 is 10.0 Å². The molecule has 0 saturated carbocycles. The van der Waals surface area contributed by atoms with E-state index in [0.29, 0.717) is 12.8 Å². The zero-order valence-electron chi connectivity index (χ0n) is 11.6. The van der Waals surface area contributed by atoms with Crippen LogP contribution in [0, 0.1) is 5.82 Å². The maximum Gasteiger partial charge on any atom is 0.241 e. The average molecular weight is 302 g/mol. The van der Waals surface area contributed by atoms with E-state index in [0.717, 1.165) is 19.2 Å². The van der Waals surface area contributed by atoms with E-state index < -0.39 is 21.4 Å². The smallest absolute Gasteiger partial charge is 0.241 e. The van der Waals surface area contributed by atoms with Gasteiger partial charge >= 0.3 is 0 Å². The molecule has 0 amide bonds. The summed E-state index contributed by atoms with van der Waals surface area (Å²) in [5, 5.41) is 3.18. The van der Waals surface area contributed by atoms with Crippen LogP contribution in [0.25, 0.3) is 0 Å². The molecule has 1 aromatic carbocycles. The maximum absolute atomic E-state index is 13.6. The number of sulfonamides is 1. The number of methoxy groups -OCH3 is 1. The molecule has 2 N–H and O–H groups in total. The van der Waals surface area contributed by atoms with Crippen LogP contribution in [0.2, 0.25) is 0 Å². The second-order valence-electron chi connectivity index (χ2n) is 5.21. The lowest BCUT2D eigenvalue weighted by Crippen LogP contribution is -2.52. The first-order chi connectivity index (χ1) is 9.36. The highest BCUT2D eigenvalue weighted by atomic mass is 32.2. The van der Waals surface area contributed by atoms with Gasteiger partial charge in [0, 0.05) is 5.54 Å². The van der Waals surface area contributed by atoms with Gasteiger partial charge in [-0.2, -0.15) is 0 Å². The summed E-state index contributed by atoms with van der Waals surface area (Å²) in [6, 6.07) is 3.63. The molecule has 0 aromatic heterocycles. The molecule has 1 aliphatic rings. The van der Waals surface area contributed by atoms with Gasteiger partial charge in [0.1, 0.15) is 0 Å². The molecule has 0 bridgehead atoms. The first kappa shape index (κ1) is 15.2. The predicted molar refractivity (Wildman–Crippen MR) is 73.8 cm³/mol. The number of halogens is 1. The van der Waals surface area contributed by atoms with Crippen molar-refractivity contribution < 1.29 is 17.5 Å². The van der Waals surface area contributed by atoms with Gasteiger partial charge in [-0.25, -0.2) is 17.5 Å². The van der Waals surface area contributed by atoms with E-state index in [1.165, 1.54) is 19.2 Å². The summed E-state index contributed by atoms with van der Waals surface area (Å²) >= 11 is 0. The molecule has 5 nitrogen and oxygen atoms in total. The predicted octanol–water partition coefficient (Wildman–Crippen LogP) is 1.25. The molecule has 0 radical (unpaired) electrons. The Morgan fingerprint density at radius 1 is 1.35 bits per heavy atom. The Kier molecular flexibility index (Phi) is 4.31. The van der Waals surface area contributed by atoms with E-state index in [4.69, 9.17) is 4.74 Å². The molecule has 112 valence electrons. The van der Waals surface area contributed by atoms with Crippen LogP contribution in [-0.2, 0) is 10.0 Å². The monoisotopic (exact) mass is 302 g/mol. The maximum atomic E-state index is 13.6.